The summed E-state index contributed by atoms with van der Waals surface area (Å²) in [5.41, 5.74) is 0. The van der Waals surface area contributed by atoms with E-state index in [4.69, 9.17) is 0 Å². The van der Waals surface area contributed by atoms with Gasteiger partial charge in [0.05, 0.1) is 0 Å². The molecule has 1 aliphatic heterocycles. The summed E-state index contributed by atoms with van der Waals surface area (Å²) in [6.07, 6.45) is 12.7. The Morgan fingerprint density at radius 3 is 3.00 bits per heavy atom. The summed E-state index contributed by atoms with van der Waals surface area (Å²) in [5, 5.41) is 0. The molecule has 1 fully saturated rings. The molecule has 1 heteroatoms. The molecule has 0 bridgehead atoms. The van der Waals surface area contributed by atoms with Gasteiger partial charge in [0.15, 0.2) is 0 Å². The van der Waals surface area contributed by atoms with Gasteiger partial charge < -0.3 is 0 Å². The lowest BCUT2D eigenvalue weighted by Crippen LogP contribution is -1.90. The van der Waals surface area contributed by atoms with Crippen LogP contribution in [0.25, 0.3) is 0 Å². The van der Waals surface area contributed by atoms with Crippen LogP contribution < -0.4 is 0 Å². The largest absolute Gasteiger partial charge is 0.265 e. The maximum Gasteiger partial charge on any atom is 0.0264 e. The van der Waals surface area contributed by atoms with Crippen molar-refractivity contribution in [1.29, 1.82) is 0 Å². The van der Waals surface area contributed by atoms with E-state index in [1.165, 1.54) is 12.8 Å². The molecule has 1 unspecified atom stereocenters. The molecule has 51 valence electrons. The van der Waals surface area contributed by atoms with Crippen molar-refractivity contribution in [3.63, 3.8) is 0 Å². The molecule has 1 heterocycles. The van der Waals surface area contributed by atoms with Crippen LogP contribution in [-0.4, -0.2) is 6.21 Å². The lowest BCUT2D eigenvalue weighted by molar-refractivity contribution is 0.932. The van der Waals surface area contributed by atoms with Gasteiger partial charge in [-0.15, -0.1) is 0 Å². The molecule has 1 saturated carbocycles. The second kappa shape index (κ2) is 2.41. The lowest BCUT2D eigenvalue weighted by Gasteiger charge is -2.00. The molecule has 1 aliphatic carbocycles. The van der Waals surface area contributed by atoms with Gasteiger partial charge in [-0.25, -0.2) is 0 Å². The molecular weight excluding hydrogens is 122 g/mol. The van der Waals surface area contributed by atoms with Crippen molar-refractivity contribution in [3.05, 3.63) is 30.3 Å². The fraction of sp³-hybridized carbons (Fsp3) is 0.333. The van der Waals surface area contributed by atoms with E-state index in [2.05, 4.69) is 17.1 Å². The molecule has 0 saturated heterocycles. The highest BCUT2D eigenvalue weighted by molar-refractivity contribution is 5.72. The predicted octanol–water partition coefficient (Wildman–Crippen LogP) is 2.13. The Balaban J connectivity index is 2.08. The van der Waals surface area contributed by atoms with Crippen molar-refractivity contribution in [2.24, 2.45) is 10.9 Å². The van der Waals surface area contributed by atoms with Crippen molar-refractivity contribution in [3.8, 4) is 0 Å². The molecular formula is C9H10N. The molecule has 0 aromatic heterocycles. The molecule has 0 amide bonds. The van der Waals surface area contributed by atoms with Crippen molar-refractivity contribution < 1.29 is 0 Å². The van der Waals surface area contributed by atoms with E-state index in [1.54, 1.807) is 5.92 Å². The monoisotopic (exact) mass is 132 g/mol. The minimum absolute atomic E-state index is 0.586. The third kappa shape index (κ3) is 1.18. The Kier molecular flexibility index (Phi) is 1.42. The maximum absolute atomic E-state index is 4.03. The molecule has 1 nitrogen and oxygen atoms in total. The summed E-state index contributed by atoms with van der Waals surface area (Å²) in [5.74, 6) is 2.24. The first-order valence-corrected chi connectivity index (χ1v) is 3.68. The van der Waals surface area contributed by atoms with Gasteiger partial charge in [-0.05, 0) is 24.8 Å². The number of allylic oxidation sites excluding steroid dienone is 3. The highest BCUT2D eigenvalue weighted by atomic mass is 14.7. The van der Waals surface area contributed by atoms with Crippen LogP contribution in [0, 0.1) is 11.8 Å². The lowest BCUT2D eigenvalue weighted by atomic mass is 10.0. The van der Waals surface area contributed by atoms with Gasteiger partial charge in [0.25, 0.3) is 0 Å². The quantitative estimate of drug-likeness (QED) is 0.518. The van der Waals surface area contributed by atoms with Crippen molar-refractivity contribution in [1.82, 2.24) is 0 Å². The third-order valence-corrected chi connectivity index (χ3v) is 1.88. The fourth-order valence-electron chi connectivity index (χ4n) is 1.15. The standard InChI is InChI=1S/C9H10N/c1-2-8(9-3-4-9)5-7-10-6-1/h1-2,5-8H,3-4H2. The van der Waals surface area contributed by atoms with Crippen LogP contribution in [0.5, 0.6) is 0 Å². The van der Waals surface area contributed by atoms with Crippen molar-refractivity contribution in [2.75, 3.05) is 0 Å². The SMILES string of the molecule is C1=CC([C]2CC2)C=CN=C1. The van der Waals surface area contributed by atoms with Crippen LogP contribution in [0.1, 0.15) is 12.8 Å². The summed E-state index contributed by atoms with van der Waals surface area (Å²) in [6, 6.07) is 0. The van der Waals surface area contributed by atoms with E-state index in [-0.39, 0.29) is 0 Å². The van der Waals surface area contributed by atoms with Gasteiger partial charge in [0.1, 0.15) is 0 Å². The molecule has 2 rings (SSSR count). The van der Waals surface area contributed by atoms with E-state index < -0.39 is 0 Å². The minimum Gasteiger partial charge on any atom is -0.265 e. The average molecular weight is 132 g/mol. The molecule has 0 aromatic carbocycles. The van der Waals surface area contributed by atoms with Crippen LogP contribution in [0.15, 0.2) is 29.4 Å². The molecule has 10 heavy (non-hydrogen) atoms. The van der Waals surface area contributed by atoms with Crippen LogP contribution in [0.4, 0.5) is 0 Å². The minimum atomic E-state index is 0.586. The smallest absolute Gasteiger partial charge is 0.0264 e. The number of aliphatic imine (C=N–C) groups is 1. The first-order valence-electron chi connectivity index (χ1n) is 3.68. The maximum atomic E-state index is 4.03. The predicted molar refractivity (Wildman–Crippen MR) is 42.7 cm³/mol. The Bertz CT molecular complexity index is 181. The zero-order valence-electron chi connectivity index (χ0n) is 5.83. The first-order chi connectivity index (χ1) is 4.97. The van der Waals surface area contributed by atoms with Gasteiger partial charge in [-0.1, -0.05) is 12.2 Å². The normalized spacial score (nSPS) is 30.6. The topological polar surface area (TPSA) is 12.4 Å². The fourth-order valence-corrected chi connectivity index (χ4v) is 1.15. The van der Waals surface area contributed by atoms with E-state index in [1.807, 2.05) is 18.5 Å². The zero-order valence-corrected chi connectivity index (χ0v) is 5.83. The van der Waals surface area contributed by atoms with Gasteiger partial charge >= 0.3 is 0 Å². The summed E-state index contributed by atoms with van der Waals surface area (Å²) in [6.45, 7) is 0. The Morgan fingerprint density at radius 1 is 1.30 bits per heavy atom. The molecule has 1 atom stereocenters. The van der Waals surface area contributed by atoms with E-state index in [0.717, 1.165) is 0 Å². The molecule has 0 spiro atoms. The van der Waals surface area contributed by atoms with Crippen LogP contribution in [0.2, 0.25) is 0 Å². The van der Waals surface area contributed by atoms with E-state index in [0.29, 0.717) is 5.92 Å². The Morgan fingerprint density at radius 2 is 2.20 bits per heavy atom. The average Bonchev–Trinajstić information content (AvgIpc) is 2.76. The number of hydrogen-bond donors (Lipinski definition) is 0. The number of rotatable bonds is 1. The summed E-state index contributed by atoms with van der Waals surface area (Å²) in [7, 11) is 0. The first kappa shape index (κ1) is 5.90. The van der Waals surface area contributed by atoms with E-state index >= 15 is 0 Å². The van der Waals surface area contributed by atoms with Crippen molar-refractivity contribution in [2.45, 2.75) is 12.8 Å². The van der Waals surface area contributed by atoms with E-state index in [9.17, 15) is 0 Å². The number of nitrogens with zero attached hydrogens (tertiary/aromatic N) is 1. The summed E-state index contributed by atoms with van der Waals surface area (Å²) >= 11 is 0. The zero-order chi connectivity index (χ0) is 6.81. The molecule has 0 N–H and O–H groups in total. The molecule has 2 aliphatic rings. The van der Waals surface area contributed by atoms with Crippen LogP contribution in [0.3, 0.4) is 0 Å². The number of hydrogen-bond acceptors (Lipinski definition) is 1. The van der Waals surface area contributed by atoms with Crippen LogP contribution >= 0.6 is 0 Å². The Labute approximate surface area is 61.2 Å². The summed E-state index contributed by atoms with van der Waals surface area (Å²) < 4.78 is 0. The van der Waals surface area contributed by atoms with Gasteiger partial charge in [0, 0.05) is 18.3 Å². The second-order valence-corrected chi connectivity index (χ2v) is 2.71. The second-order valence-electron chi connectivity index (χ2n) is 2.71. The highest BCUT2D eigenvalue weighted by Gasteiger charge is 2.28. The third-order valence-electron chi connectivity index (χ3n) is 1.88. The molecule has 1 radical (unpaired) electrons. The van der Waals surface area contributed by atoms with Crippen LogP contribution in [-0.2, 0) is 0 Å². The molecule has 0 aromatic rings. The van der Waals surface area contributed by atoms with Gasteiger partial charge in [-0.2, -0.15) is 0 Å². The van der Waals surface area contributed by atoms with Gasteiger partial charge in [0.2, 0.25) is 0 Å². The van der Waals surface area contributed by atoms with Crippen molar-refractivity contribution >= 4 is 6.21 Å². The van der Waals surface area contributed by atoms with Gasteiger partial charge in [-0.3, -0.25) is 4.99 Å². The Hall–Kier alpha value is -0.850. The highest BCUT2D eigenvalue weighted by Crippen LogP contribution is 2.40. The summed E-state index contributed by atoms with van der Waals surface area (Å²) in [4.78, 5) is 4.03.